The fourth-order valence-electron chi connectivity index (χ4n) is 3.24. The first-order valence-corrected chi connectivity index (χ1v) is 8.09. The van der Waals surface area contributed by atoms with Crippen LogP contribution in [0.3, 0.4) is 0 Å². The van der Waals surface area contributed by atoms with Gasteiger partial charge in [-0.15, -0.1) is 0 Å². The van der Waals surface area contributed by atoms with Gasteiger partial charge in [-0.25, -0.2) is 0 Å². The monoisotopic (exact) mass is 321 g/mol. The number of likely N-dealkylation sites (tertiary alicyclic amines) is 1. The second-order valence-corrected chi connectivity index (χ2v) is 6.94. The molecule has 5 heteroatoms. The summed E-state index contributed by atoms with van der Waals surface area (Å²) in [5, 5.41) is 0.545. The van der Waals surface area contributed by atoms with Gasteiger partial charge in [0.25, 0.3) is 0 Å². The maximum absolute atomic E-state index is 12.4. The minimum Gasteiger partial charge on any atom is -0.486 e. The lowest BCUT2D eigenvalue weighted by Gasteiger charge is -2.44. The molecule has 0 aromatic heterocycles. The molecule has 1 saturated heterocycles. The van der Waals surface area contributed by atoms with Crippen molar-refractivity contribution in [3.05, 3.63) is 28.8 Å². The second-order valence-electron chi connectivity index (χ2n) is 6.51. The molecule has 2 aliphatic heterocycles. The quantitative estimate of drug-likeness (QED) is 0.797. The van der Waals surface area contributed by atoms with Crippen molar-refractivity contribution in [1.29, 1.82) is 0 Å². The van der Waals surface area contributed by atoms with Crippen molar-refractivity contribution < 1.29 is 14.3 Å². The Morgan fingerprint density at radius 1 is 1.32 bits per heavy atom. The number of rotatable bonds is 1. The first kappa shape index (κ1) is 15.3. The van der Waals surface area contributed by atoms with E-state index >= 15 is 0 Å². The molecule has 2 aliphatic rings. The minimum absolute atomic E-state index is 0.00539. The average molecular weight is 322 g/mol. The predicted octanol–water partition coefficient (Wildman–Crippen LogP) is 3.32. The molecule has 1 amide bonds. The maximum Gasteiger partial charge on any atom is 0.225 e. The third kappa shape index (κ3) is 2.72. The fourth-order valence-corrected chi connectivity index (χ4v) is 3.42. The number of nitrogens with zero attached hydrogens (tertiary/aromatic N) is 1. The van der Waals surface area contributed by atoms with E-state index in [9.17, 15) is 9.59 Å². The van der Waals surface area contributed by atoms with Gasteiger partial charge in [0.05, 0.1) is 12.0 Å². The first-order valence-electron chi connectivity index (χ1n) is 7.71. The number of ether oxygens (including phenoxy) is 1. The van der Waals surface area contributed by atoms with E-state index < -0.39 is 5.60 Å². The summed E-state index contributed by atoms with van der Waals surface area (Å²) in [7, 11) is 0. The van der Waals surface area contributed by atoms with Gasteiger partial charge in [-0.05, 0) is 18.2 Å². The van der Waals surface area contributed by atoms with Crippen LogP contribution in [0, 0.1) is 5.92 Å². The highest BCUT2D eigenvalue weighted by atomic mass is 35.5. The Morgan fingerprint density at radius 2 is 2.00 bits per heavy atom. The zero-order valence-corrected chi connectivity index (χ0v) is 13.7. The van der Waals surface area contributed by atoms with Crippen molar-refractivity contribution >= 4 is 23.3 Å². The van der Waals surface area contributed by atoms with Crippen LogP contribution in [0.2, 0.25) is 5.02 Å². The summed E-state index contributed by atoms with van der Waals surface area (Å²) >= 11 is 5.95. The van der Waals surface area contributed by atoms with Crippen molar-refractivity contribution in [3.63, 3.8) is 0 Å². The molecule has 0 radical (unpaired) electrons. The molecular formula is C17H20ClNO3. The lowest BCUT2D eigenvalue weighted by Crippen LogP contribution is -2.52. The molecule has 0 bridgehead atoms. The fraction of sp³-hybridized carbons (Fsp3) is 0.529. The summed E-state index contributed by atoms with van der Waals surface area (Å²) in [5.74, 6) is 0.867. The van der Waals surface area contributed by atoms with Gasteiger partial charge in [-0.3, -0.25) is 9.59 Å². The summed E-state index contributed by atoms with van der Waals surface area (Å²) in [5.41, 5.74) is 0.102. The third-order valence-electron chi connectivity index (χ3n) is 4.53. The molecule has 1 aromatic rings. The van der Waals surface area contributed by atoms with Crippen LogP contribution in [0.4, 0.5) is 0 Å². The van der Waals surface area contributed by atoms with Gasteiger partial charge in [0.15, 0.2) is 5.78 Å². The van der Waals surface area contributed by atoms with E-state index in [-0.39, 0.29) is 17.6 Å². The highest BCUT2D eigenvalue weighted by molar-refractivity contribution is 6.31. The van der Waals surface area contributed by atoms with E-state index in [1.54, 1.807) is 18.2 Å². The zero-order valence-electron chi connectivity index (χ0n) is 12.9. The minimum atomic E-state index is -0.467. The molecule has 1 fully saturated rings. The van der Waals surface area contributed by atoms with Gasteiger partial charge in [0.1, 0.15) is 11.4 Å². The zero-order chi connectivity index (χ0) is 15.9. The van der Waals surface area contributed by atoms with E-state index in [0.717, 1.165) is 0 Å². The predicted molar refractivity (Wildman–Crippen MR) is 84.4 cm³/mol. The summed E-state index contributed by atoms with van der Waals surface area (Å²) in [4.78, 5) is 26.4. The van der Waals surface area contributed by atoms with Crippen molar-refractivity contribution in [2.24, 2.45) is 5.92 Å². The van der Waals surface area contributed by atoms with Crippen LogP contribution >= 0.6 is 11.6 Å². The molecular weight excluding hydrogens is 302 g/mol. The van der Waals surface area contributed by atoms with Crippen molar-refractivity contribution in [1.82, 2.24) is 4.90 Å². The Kier molecular flexibility index (Phi) is 3.89. The molecule has 1 spiro atoms. The van der Waals surface area contributed by atoms with Crippen LogP contribution in [0.1, 0.15) is 43.5 Å². The molecule has 0 unspecified atom stereocenters. The molecule has 2 heterocycles. The summed E-state index contributed by atoms with van der Waals surface area (Å²) in [6.45, 7) is 5.11. The molecule has 0 saturated carbocycles. The maximum atomic E-state index is 12.4. The Balaban J connectivity index is 1.76. The number of halogens is 1. The molecule has 1 aromatic carbocycles. The number of ketones is 1. The van der Waals surface area contributed by atoms with Gasteiger partial charge in [0.2, 0.25) is 5.91 Å². The van der Waals surface area contributed by atoms with E-state index in [1.165, 1.54) is 0 Å². The van der Waals surface area contributed by atoms with Gasteiger partial charge in [0, 0.05) is 36.9 Å². The van der Waals surface area contributed by atoms with E-state index in [2.05, 4.69) is 0 Å². The summed E-state index contributed by atoms with van der Waals surface area (Å²) in [6, 6.07) is 5.18. The first-order chi connectivity index (χ1) is 10.4. The highest BCUT2D eigenvalue weighted by Crippen LogP contribution is 2.40. The van der Waals surface area contributed by atoms with Crippen LogP contribution in [-0.2, 0) is 4.79 Å². The van der Waals surface area contributed by atoms with Crippen molar-refractivity contribution in [3.8, 4) is 5.75 Å². The number of fused-ring (bicyclic) bond motifs is 1. The van der Waals surface area contributed by atoms with Gasteiger partial charge < -0.3 is 9.64 Å². The molecule has 0 atom stereocenters. The number of carbonyl (C=O) groups excluding carboxylic acids is 2. The number of benzene rings is 1. The van der Waals surface area contributed by atoms with Crippen LogP contribution in [0.25, 0.3) is 0 Å². The van der Waals surface area contributed by atoms with Crippen LogP contribution in [0.15, 0.2) is 18.2 Å². The average Bonchev–Trinajstić information content (AvgIpc) is 2.48. The lowest BCUT2D eigenvalue weighted by atomic mass is 9.82. The number of amides is 1. The molecule has 0 N–H and O–H groups in total. The Bertz CT molecular complexity index is 618. The summed E-state index contributed by atoms with van der Waals surface area (Å²) in [6.07, 6.45) is 1.75. The standard InChI is InChI=1S/C17H20ClNO3/c1-11(2)16(21)19-7-5-17(6-8-19)10-14(20)13-9-12(18)3-4-15(13)22-17/h3-4,9,11H,5-8,10H2,1-2H3. The van der Waals surface area contributed by atoms with Crippen molar-refractivity contribution in [2.75, 3.05) is 13.1 Å². The number of hydrogen-bond acceptors (Lipinski definition) is 3. The summed E-state index contributed by atoms with van der Waals surface area (Å²) < 4.78 is 6.16. The lowest BCUT2D eigenvalue weighted by molar-refractivity contribution is -0.138. The van der Waals surface area contributed by atoms with E-state index in [4.69, 9.17) is 16.3 Å². The third-order valence-corrected chi connectivity index (χ3v) is 4.77. The largest absolute Gasteiger partial charge is 0.486 e. The number of piperidine rings is 1. The second kappa shape index (κ2) is 5.58. The number of carbonyl (C=O) groups is 2. The van der Waals surface area contributed by atoms with Crippen LogP contribution in [-0.4, -0.2) is 35.3 Å². The molecule has 118 valence electrons. The normalized spacial score (nSPS) is 20.0. The Morgan fingerprint density at radius 3 is 2.64 bits per heavy atom. The Labute approximate surface area is 135 Å². The van der Waals surface area contributed by atoms with E-state index in [0.29, 0.717) is 48.7 Å². The van der Waals surface area contributed by atoms with Crippen LogP contribution in [0.5, 0.6) is 5.75 Å². The van der Waals surface area contributed by atoms with Gasteiger partial charge >= 0.3 is 0 Å². The van der Waals surface area contributed by atoms with Crippen molar-refractivity contribution in [2.45, 2.75) is 38.7 Å². The van der Waals surface area contributed by atoms with Gasteiger partial charge in [-0.2, -0.15) is 0 Å². The Hall–Kier alpha value is -1.55. The highest BCUT2D eigenvalue weighted by Gasteiger charge is 2.43. The number of hydrogen-bond donors (Lipinski definition) is 0. The molecule has 22 heavy (non-hydrogen) atoms. The topological polar surface area (TPSA) is 46.6 Å². The van der Waals surface area contributed by atoms with E-state index in [1.807, 2.05) is 18.7 Å². The van der Waals surface area contributed by atoms with Crippen LogP contribution < -0.4 is 4.74 Å². The molecule has 3 rings (SSSR count). The SMILES string of the molecule is CC(C)C(=O)N1CCC2(CC1)CC(=O)c1cc(Cl)ccc1O2. The van der Waals surface area contributed by atoms with Gasteiger partial charge in [-0.1, -0.05) is 25.4 Å². The smallest absolute Gasteiger partial charge is 0.225 e. The molecule has 4 nitrogen and oxygen atoms in total. The molecule has 0 aliphatic carbocycles. The number of Topliss-reactive ketones (excluding diaryl/α,β-unsaturated/α-hetero) is 1.